The first-order chi connectivity index (χ1) is 16.6. The third-order valence-corrected chi connectivity index (χ3v) is 6.62. The van der Waals surface area contributed by atoms with E-state index in [2.05, 4.69) is 32.1 Å². The Morgan fingerprint density at radius 1 is 1.29 bits per heavy atom. The van der Waals surface area contributed by atoms with Crippen LogP contribution in [-0.4, -0.2) is 53.4 Å². The molecule has 1 aliphatic carbocycles. The van der Waals surface area contributed by atoms with Crippen LogP contribution in [-0.2, 0) is 6.54 Å². The molecule has 9 nitrogen and oxygen atoms in total. The fraction of sp³-hybridized carbons (Fsp3) is 0.458. The molecule has 180 valence electrons. The third-order valence-electron chi connectivity index (χ3n) is 6.62. The van der Waals surface area contributed by atoms with Gasteiger partial charge in [-0.3, -0.25) is 0 Å². The van der Waals surface area contributed by atoms with E-state index in [0.717, 1.165) is 19.6 Å². The Kier molecular flexibility index (Phi) is 6.59. The number of likely N-dealkylation sites (tertiary alicyclic amines) is 1. The molecule has 3 aliphatic rings. The number of aromatic nitrogens is 2. The lowest BCUT2D eigenvalue weighted by Gasteiger charge is -2.27. The van der Waals surface area contributed by atoms with Crippen LogP contribution in [0.25, 0.3) is 0 Å². The van der Waals surface area contributed by atoms with Gasteiger partial charge >= 0.3 is 0 Å². The summed E-state index contributed by atoms with van der Waals surface area (Å²) in [6.45, 7) is 4.09. The van der Waals surface area contributed by atoms with Gasteiger partial charge in [0, 0.05) is 49.0 Å². The van der Waals surface area contributed by atoms with Crippen molar-refractivity contribution in [2.24, 2.45) is 5.92 Å². The molecule has 2 aliphatic heterocycles. The maximum atomic E-state index is 14.2. The van der Waals surface area contributed by atoms with Crippen molar-refractivity contribution in [2.75, 3.05) is 42.1 Å². The van der Waals surface area contributed by atoms with E-state index in [9.17, 15) is 4.39 Å². The number of rotatable bonds is 10. The zero-order valence-corrected chi connectivity index (χ0v) is 19.2. The van der Waals surface area contributed by atoms with E-state index in [1.165, 1.54) is 49.7 Å². The lowest BCUT2D eigenvalue weighted by molar-refractivity contribution is 0.343. The second kappa shape index (κ2) is 9.94. The van der Waals surface area contributed by atoms with Crippen molar-refractivity contribution in [3.05, 3.63) is 53.1 Å². The van der Waals surface area contributed by atoms with Gasteiger partial charge in [-0.25, -0.2) is 14.8 Å². The van der Waals surface area contributed by atoms with Crippen molar-refractivity contribution in [3.8, 4) is 0 Å². The molecule has 6 N–H and O–H groups in total. The molecule has 1 unspecified atom stereocenters. The molecule has 0 amide bonds. The quantitative estimate of drug-likeness (QED) is 0.268. The maximum Gasteiger partial charge on any atom is 0.227 e. The number of nitrogens with zero attached hydrogens (tertiary/aromatic N) is 4. The Bertz CT molecular complexity index is 1060. The second-order valence-electron chi connectivity index (χ2n) is 9.21. The number of nitrogen functional groups attached to an aromatic ring is 1. The van der Waals surface area contributed by atoms with Gasteiger partial charge < -0.3 is 31.7 Å². The van der Waals surface area contributed by atoms with Crippen LogP contribution < -0.4 is 26.8 Å². The number of nitrogens with one attached hydrogen (secondary N) is 4. The Labute approximate surface area is 199 Å². The van der Waals surface area contributed by atoms with Crippen LogP contribution in [0.1, 0.15) is 36.8 Å². The monoisotopic (exact) mass is 465 g/mol. The first kappa shape index (κ1) is 22.5. The van der Waals surface area contributed by atoms with Crippen LogP contribution in [0.2, 0.25) is 0 Å². The number of hydrogen-bond donors (Lipinski definition) is 5. The van der Waals surface area contributed by atoms with Crippen molar-refractivity contribution in [1.82, 2.24) is 25.7 Å². The van der Waals surface area contributed by atoms with Gasteiger partial charge in [-0.15, -0.1) is 0 Å². The topological polar surface area (TPSA) is 118 Å². The Hall–Kier alpha value is -3.24. The Balaban J connectivity index is 1.36. The van der Waals surface area contributed by atoms with Gasteiger partial charge in [-0.1, -0.05) is 0 Å². The zero-order chi connectivity index (χ0) is 23.5. The molecule has 2 fully saturated rings. The van der Waals surface area contributed by atoms with Crippen molar-refractivity contribution in [2.45, 2.75) is 38.4 Å². The largest absolute Gasteiger partial charge is 0.398 e. The Morgan fingerprint density at radius 2 is 2.12 bits per heavy atom. The van der Waals surface area contributed by atoms with E-state index in [4.69, 9.17) is 16.1 Å². The van der Waals surface area contributed by atoms with E-state index in [1.807, 2.05) is 11.0 Å². The second-order valence-corrected chi connectivity index (χ2v) is 9.21. The summed E-state index contributed by atoms with van der Waals surface area (Å²) in [7, 11) is 0. The molecule has 0 bridgehead atoms. The highest BCUT2D eigenvalue weighted by Crippen LogP contribution is 2.36. The fourth-order valence-electron chi connectivity index (χ4n) is 4.60. The average molecular weight is 466 g/mol. The molecule has 1 atom stereocenters. The summed E-state index contributed by atoms with van der Waals surface area (Å²) in [5.74, 6) is 1.49. The molecule has 3 heterocycles. The van der Waals surface area contributed by atoms with E-state index in [-0.39, 0.29) is 11.9 Å². The molecule has 0 spiro atoms. The standard InChI is InChI=1S/C24H32FN9/c25-18-11-17(19(14-26)20(27)12-18)15-34(10-9-33-7-1-2-8-33)24-28-6-5-22(30-24)29-23-13-21(31-32-23)16-3-4-16/h5-6,11-14,16,23,26,31-32H,1-4,7-10,15,27H2,(H,28,29,30). The molecular weight excluding hydrogens is 433 g/mol. The van der Waals surface area contributed by atoms with Crippen molar-refractivity contribution in [1.29, 1.82) is 5.41 Å². The van der Waals surface area contributed by atoms with Gasteiger partial charge in [0.2, 0.25) is 5.95 Å². The molecule has 1 saturated carbocycles. The molecule has 34 heavy (non-hydrogen) atoms. The fourth-order valence-corrected chi connectivity index (χ4v) is 4.60. The van der Waals surface area contributed by atoms with Crippen molar-refractivity contribution >= 4 is 23.7 Å². The maximum absolute atomic E-state index is 14.2. The number of allylic oxidation sites excluding steroid dienone is 1. The molecular formula is C24H32FN9. The predicted octanol–water partition coefficient (Wildman–Crippen LogP) is 2.44. The average Bonchev–Trinajstić information content (AvgIpc) is 3.33. The van der Waals surface area contributed by atoms with Crippen LogP contribution >= 0.6 is 0 Å². The molecule has 2 aromatic rings. The third kappa shape index (κ3) is 5.28. The molecule has 5 rings (SSSR count). The van der Waals surface area contributed by atoms with E-state index >= 15 is 0 Å². The number of hydrogen-bond acceptors (Lipinski definition) is 9. The van der Waals surface area contributed by atoms with Crippen molar-refractivity contribution in [3.63, 3.8) is 0 Å². The first-order valence-electron chi connectivity index (χ1n) is 12.0. The summed E-state index contributed by atoms with van der Waals surface area (Å²) < 4.78 is 14.2. The van der Waals surface area contributed by atoms with Crippen LogP contribution in [0.5, 0.6) is 0 Å². The van der Waals surface area contributed by atoms with Crippen molar-refractivity contribution < 1.29 is 4.39 Å². The molecule has 1 aromatic heterocycles. The number of hydrazine groups is 1. The first-order valence-corrected chi connectivity index (χ1v) is 12.0. The highest BCUT2D eigenvalue weighted by atomic mass is 19.1. The predicted molar refractivity (Wildman–Crippen MR) is 132 cm³/mol. The minimum atomic E-state index is -0.410. The number of anilines is 3. The molecule has 0 radical (unpaired) electrons. The van der Waals surface area contributed by atoms with E-state index in [0.29, 0.717) is 41.9 Å². The van der Waals surface area contributed by atoms with Crippen LogP contribution in [0.15, 0.2) is 36.2 Å². The van der Waals surface area contributed by atoms with E-state index in [1.54, 1.807) is 6.20 Å². The summed E-state index contributed by atoms with van der Waals surface area (Å²) >= 11 is 0. The number of halogens is 1. The summed E-state index contributed by atoms with van der Waals surface area (Å²) in [6.07, 6.45) is 9.93. The lowest BCUT2D eigenvalue weighted by Crippen LogP contribution is -2.38. The number of nitrogens with two attached hydrogens (primary N) is 1. The van der Waals surface area contributed by atoms with Crippen LogP contribution in [0.4, 0.5) is 21.8 Å². The van der Waals surface area contributed by atoms with Gasteiger partial charge in [-0.05, 0) is 74.5 Å². The van der Waals surface area contributed by atoms with Gasteiger partial charge in [0.25, 0.3) is 0 Å². The normalized spacial score (nSPS) is 20.1. The SMILES string of the molecule is N=Cc1c(N)cc(F)cc1CN(CCN1CCCC1)c1nccc(NC2C=C(C3CC3)NN2)n1. The van der Waals surface area contributed by atoms with Gasteiger partial charge in [0.05, 0.1) is 0 Å². The highest BCUT2D eigenvalue weighted by Gasteiger charge is 2.30. The van der Waals surface area contributed by atoms with Gasteiger partial charge in [-0.2, -0.15) is 4.98 Å². The summed E-state index contributed by atoms with van der Waals surface area (Å²) in [5.41, 5.74) is 15.2. The zero-order valence-electron chi connectivity index (χ0n) is 19.2. The summed E-state index contributed by atoms with van der Waals surface area (Å²) in [5, 5.41) is 11.2. The minimum absolute atomic E-state index is 0.0519. The van der Waals surface area contributed by atoms with Gasteiger partial charge in [0.15, 0.2) is 0 Å². The molecule has 1 saturated heterocycles. The van der Waals surface area contributed by atoms with Crippen LogP contribution in [0.3, 0.4) is 0 Å². The summed E-state index contributed by atoms with van der Waals surface area (Å²) in [6, 6.07) is 4.54. The lowest BCUT2D eigenvalue weighted by atomic mass is 10.1. The van der Waals surface area contributed by atoms with E-state index < -0.39 is 5.82 Å². The Morgan fingerprint density at radius 3 is 2.88 bits per heavy atom. The molecule has 1 aromatic carbocycles. The van der Waals surface area contributed by atoms with Gasteiger partial charge in [0.1, 0.15) is 17.8 Å². The highest BCUT2D eigenvalue weighted by molar-refractivity contribution is 5.87. The van der Waals surface area contributed by atoms with Crippen LogP contribution in [0, 0.1) is 17.1 Å². The minimum Gasteiger partial charge on any atom is -0.398 e. The smallest absolute Gasteiger partial charge is 0.227 e. The molecule has 10 heteroatoms. The summed E-state index contributed by atoms with van der Waals surface area (Å²) in [4.78, 5) is 13.8. The number of benzene rings is 1.